The number of amides is 1. The van der Waals surface area contributed by atoms with Gasteiger partial charge in [0, 0.05) is 23.9 Å². The van der Waals surface area contributed by atoms with Crippen molar-refractivity contribution < 1.29 is 4.79 Å². The zero-order chi connectivity index (χ0) is 12.3. The lowest BCUT2D eigenvalue weighted by molar-refractivity contribution is -0.118. The van der Waals surface area contributed by atoms with Gasteiger partial charge in [0.2, 0.25) is 5.91 Å². The van der Waals surface area contributed by atoms with Gasteiger partial charge in [-0.2, -0.15) is 5.26 Å². The number of fused-ring (bicyclic) bond motifs is 1. The van der Waals surface area contributed by atoms with Crippen LogP contribution in [0.1, 0.15) is 18.9 Å². The SMILES string of the molecule is CC1Cc2ccccc2N1C(=O)CCSC#N. The second kappa shape index (κ2) is 5.24. The number of hydrogen-bond donors (Lipinski definition) is 0. The van der Waals surface area contributed by atoms with E-state index in [2.05, 4.69) is 13.0 Å². The minimum atomic E-state index is 0.116. The zero-order valence-electron chi connectivity index (χ0n) is 9.72. The molecule has 0 spiro atoms. The molecule has 17 heavy (non-hydrogen) atoms. The highest BCUT2D eigenvalue weighted by molar-refractivity contribution is 8.03. The van der Waals surface area contributed by atoms with Gasteiger partial charge in [0.1, 0.15) is 5.40 Å². The molecule has 1 aliphatic heterocycles. The molecular formula is C13H14N2OS. The molecule has 0 radical (unpaired) electrons. The summed E-state index contributed by atoms with van der Waals surface area (Å²) in [6.45, 7) is 2.06. The maximum absolute atomic E-state index is 12.1. The summed E-state index contributed by atoms with van der Waals surface area (Å²) >= 11 is 1.14. The number of thioether (sulfide) groups is 1. The summed E-state index contributed by atoms with van der Waals surface area (Å²) in [5.74, 6) is 0.686. The van der Waals surface area contributed by atoms with Crippen molar-refractivity contribution in [1.82, 2.24) is 0 Å². The van der Waals surface area contributed by atoms with Crippen LogP contribution in [0.4, 0.5) is 5.69 Å². The van der Waals surface area contributed by atoms with Crippen molar-refractivity contribution in [3.8, 4) is 5.40 Å². The van der Waals surface area contributed by atoms with Gasteiger partial charge in [0.15, 0.2) is 0 Å². The first kappa shape index (κ1) is 12.0. The molecular weight excluding hydrogens is 232 g/mol. The fourth-order valence-electron chi connectivity index (χ4n) is 2.25. The van der Waals surface area contributed by atoms with E-state index in [-0.39, 0.29) is 11.9 Å². The van der Waals surface area contributed by atoms with Crippen molar-refractivity contribution >= 4 is 23.4 Å². The molecule has 0 aliphatic carbocycles. The topological polar surface area (TPSA) is 44.1 Å². The smallest absolute Gasteiger partial charge is 0.228 e. The Morgan fingerprint density at radius 3 is 3.12 bits per heavy atom. The third-order valence-corrected chi connectivity index (χ3v) is 3.50. The van der Waals surface area contributed by atoms with Crippen LogP contribution in [-0.2, 0) is 11.2 Å². The Kier molecular flexibility index (Phi) is 3.70. The minimum absolute atomic E-state index is 0.116. The maximum atomic E-state index is 12.1. The average Bonchev–Trinajstić information content (AvgIpc) is 2.65. The number of thiocyanates is 1. The van der Waals surface area contributed by atoms with Crippen molar-refractivity contribution in [2.75, 3.05) is 10.7 Å². The summed E-state index contributed by atoms with van der Waals surface area (Å²) < 4.78 is 0. The molecule has 1 aliphatic rings. The zero-order valence-corrected chi connectivity index (χ0v) is 10.5. The van der Waals surface area contributed by atoms with Crippen LogP contribution in [0.25, 0.3) is 0 Å². The molecule has 0 aromatic heterocycles. The largest absolute Gasteiger partial charge is 0.309 e. The van der Waals surface area contributed by atoms with Gasteiger partial charge in [0.25, 0.3) is 0 Å². The predicted octanol–water partition coefficient (Wildman–Crippen LogP) is 2.57. The predicted molar refractivity (Wildman–Crippen MR) is 69.8 cm³/mol. The Bertz CT molecular complexity index is 467. The van der Waals surface area contributed by atoms with Gasteiger partial charge < -0.3 is 4.90 Å². The highest BCUT2D eigenvalue weighted by Gasteiger charge is 2.29. The number of nitriles is 1. The molecule has 0 fully saturated rings. The summed E-state index contributed by atoms with van der Waals surface area (Å²) in [6, 6.07) is 8.26. The highest BCUT2D eigenvalue weighted by atomic mass is 32.2. The van der Waals surface area contributed by atoms with Gasteiger partial charge in [-0.25, -0.2) is 0 Å². The third-order valence-electron chi connectivity index (χ3n) is 2.96. The van der Waals surface area contributed by atoms with E-state index in [1.54, 1.807) is 0 Å². The molecule has 1 atom stereocenters. The Hall–Kier alpha value is -1.47. The molecule has 0 saturated heterocycles. The van der Waals surface area contributed by atoms with Crippen molar-refractivity contribution in [3.63, 3.8) is 0 Å². The molecule has 4 heteroatoms. The molecule has 88 valence electrons. The Balaban J connectivity index is 2.11. The quantitative estimate of drug-likeness (QED) is 0.608. The first-order valence-corrected chi connectivity index (χ1v) is 6.63. The number of hydrogen-bond acceptors (Lipinski definition) is 3. The summed E-state index contributed by atoms with van der Waals surface area (Å²) in [5, 5.41) is 10.4. The Labute approximate surface area is 105 Å². The van der Waals surface area contributed by atoms with Crippen LogP contribution in [0.3, 0.4) is 0 Å². The lowest BCUT2D eigenvalue weighted by Gasteiger charge is -2.22. The first-order chi connectivity index (χ1) is 8.24. The number of benzene rings is 1. The number of carbonyl (C=O) groups is 1. The van der Waals surface area contributed by atoms with Crippen molar-refractivity contribution in [3.05, 3.63) is 29.8 Å². The lowest BCUT2D eigenvalue weighted by Crippen LogP contribution is -2.35. The number of nitrogens with zero attached hydrogens (tertiary/aromatic N) is 2. The van der Waals surface area contributed by atoms with Crippen molar-refractivity contribution in [2.24, 2.45) is 0 Å². The van der Waals surface area contributed by atoms with Crippen LogP contribution >= 0.6 is 11.8 Å². The monoisotopic (exact) mass is 246 g/mol. The van der Waals surface area contributed by atoms with E-state index in [9.17, 15) is 4.79 Å². The van der Waals surface area contributed by atoms with E-state index in [1.807, 2.05) is 28.5 Å². The Morgan fingerprint density at radius 1 is 1.59 bits per heavy atom. The molecule has 1 aromatic rings. The van der Waals surface area contributed by atoms with Gasteiger partial charge in [-0.05, 0) is 36.7 Å². The molecule has 0 bridgehead atoms. The summed E-state index contributed by atoms with van der Waals surface area (Å²) in [5.41, 5.74) is 2.27. The molecule has 1 unspecified atom stereocenters. The van der Waals surface area contributed by atoms with Crippen LogP contribution in [0, 0.1) is 10.7 Å². The van der Waals surface area contributed by atoms with Gasteiger partial charge in [-0.15, -0.1) is 0 Å². The second-order valence-corrected chi connectivity index (χ2v) is 5.01. The molecule has 0 N–H and O–H groups in total. The molecule has 2 rings (SSSR count). The van der Waals surface area contributed by atoms with E-state index in [0.29, 0.717) is 12.2 Å². The third kappa shape index (κ3) is 2.45. The van der Waals surface area contributed by atoms with Gasteiger partial charge in [-0.1, -0.05) is 18.2 Å². The maximum Gasteiger partial charge on any atom is 0.228 e. The normalized spacial score (nSPS) is 17.6. The summed E-state index contributed by atoms with van der Waals surface area (Å²) in [7, 11) is 0. The average molecular weight is 246 g/mol. The second-order valence-electron chi connectivity index (χ2n) is 4.14. The molecule has 1 heterocycles. The number of rotatable bonds is 3. The van der Waals surface area contributed by atoms with Gasteiger partial charge in [0.05, 0.1) is 0 Å². The van der Waals surface area contributed by atoms with Crippen LogP contribution < -0.4 is 4.90 Å². The van der Waals surface area contributed by atoms with Crippen LogP contribution in [0.15, 0.2) is 24.3 Å². The minimum Gasteiger partial charge on any atom is -0.309 e. The summed E-state index contributed by atoms with van der Waals surface area (Å²) in [6.07, 6.45) is 1.35. The fourth-order valence-corrected chi connectivity index (χ4v) is 2.62. The van der Waals surface area contributed by atoms with Crippen molar-refractivity contribution in [2.45, 2.75) is 25.8 Å². The number of anilines is 1. The molecule has 1 aromatic carbocycles. The van der Waals surface area contributed by atoms with E-state index < -0.39 is 0 Å². The van der Waals surface area contributed by atoms with Crippen LogP contribution in [0.5, 0.6) is 0 Å². The Morgan fingerprint density at radius 2 is 2.35 bits per heavy atom. The molecule has 3 nitrogen and oxygen atoms in total. The van der Waals surface area contributed by atoms with Crippen LogP contribution in [-0.4, -0.2) is 17.7 Å². The molecule has 1 amide bonds. The molecule has 0 saturated carbocycles. The fraction of sp³-hybridized carbons (Fsp3) is 0.385. The van der Waals surface area contributed by atoms with E-state index in [0.717, 1.165) is 23.9 Å². The lowest BCUT2D eigenvalue weighted by atomic mass is 10.1. The standard InChI is InChI=1S/C13H14N2OS/c1-10-8-11-4-2-3-5-12(11)15(10)13(16)6-7-17-9-14/h2-5,10H,6-8H2,1H3. The van der Waals surface area contributed by atoms with E-state index >= 15 is 0 Å². The number of para-hydroxylation sites is 1. The highest BCUT2D eigenvalue weighted by Crippen LogP contribution is 2.32. The summed E-state index contributed by atoms with van der Waals surface area (Å²) in [4.78, 5) is 14.0. The van der Waals surface area contributed by atoms with E-state index in [4.69, 9.17) is 5.26 Å². The van der Waals surface area contributed by atoms with E-state index in [1.165, 1.54) is 5.56 Å². The van der Waals surface area contributed by atoms with Gasteiger partial charge >= 0.3 is 0 Å². The first-order valence-electron chi connectivity index (χ1n) is 5.65. The van der Waals surface area contributed by atoms with Gasteiger partial charge in [-0.3, -0.25) is 4.79 Å². The van der Waals surface area contributed by atoms with Crippen molar-refractivity contribution in [1.29, 1.82) is 5.26 Å². The van der Waals surface area contributed by atoms with Crippen LogP contribution in [0.2, 0.25) is 0 Å². The number of carbonyl (C=O) groups excluding carboxylic acids is 1.